The average molecular weight is 473 g/mol. The summed E-state index contributed by atoms with van der Waals surface area (Å²) in [4.78, 5) is 25.8. The lowest BCUT2D eigenvalue weighted by Gasteiger charge is -2.38. The van der Waals surface area contributed by atoms with E-state index in [-0.39, 0.29) is 29.7 Å². The van der Waals surface area contributed by atoms with Gasteiger partial charge in [0.25, 0.3) is 0 Å². The molecule has 1 amide bonds. The predicted octanol–water partition coefficient (Wildman–Crippen LogP) is 4.95. The van der Waals surface area contributed by atoms with E-state index in [1.165, 1.54) is 18.2 Å². The first-order valence-corrected chi connectivity index (χ1v) is 10.3. The van der Waals surface area contributed by atoms with Gasteiger partial charge in [-0.15, -0.1) is 0 Å². The number of halogens is 3. The number of hydrogen-bond acceptors (Lipinski definition) is 2. The summed E-state index contributed by atoms with van der Waals surface area (Å²) in [6.45, 7) is 4.73. The van der Waals surface area contributed by atoms with E-state index in [4.69, 9.17) is 0 Å². The van der Waals surface area contributed by atoms with Crippen molar-refractivity contribution in [3.05, 3.63) is 71.4 Å². The summed E-state index contributed by atoms with van der Waals surface area (Å²) in [5, 5.41) is 0.772. The van der Waals surface area contributed by atoms with Crippen molar-refractivity contribution in [1.29, 1.82) is 0 Å². The van der Waals surface area contributed by atoms with E-state index >= 15 is 0 Å². The minimum atomic E-state index is -0.651. The van der Waals surface area contributed by atoms with Crippen molar-refractivity contribution in [2.24, 2.45) is 5.92 Å². The normalized spacial score (nSPS) is 14.0. The van der Waals surface area contributed by atoms with Crippen LogP contribution < -0.4 is 0 Å². The van der Waals surface area contributed by atoms with E-state index in [0.717, 1.165) is 21.4 Å². The zero-order valence-electron chi connectivity index (χ0n) is 16.1. The first kappa shape index (κ1) is 20.5. The van der Waals surface area contributed by atoms with Crippen LogP contribution in [0.3, 0.4) is 0 Å². The van der Waals surface area contributed by atoms with Crippen molar-refractivity contribution in [2.45, 2.75) is 13.0 Å². The van der Waals surface area contributed by atoms with Gasteiger partial charge in [-0.2, -0.15) is 0 Å². The number of carbonyl (C=O) groups is 2. The standard InChI is InChI=1S/C23H19BrF2N2O2/c1-2-23(30)28-10-14(11-28)7-17(29)12-27-13-20(18-5-4-16(25)9-21(18)26)19-8-15(24)3-6-22(19)27/h2-6,8-9,13-14H,1,7,10-12H2. The van der Waals surface area contributed by atoms with Crippen LogP contribution in [0.15, 0.2) is 59.7 Å². The zero-order chi connectivity index (χ0) is 21.4. The molecule has 1 saturated heterocycles. The fourth-order valence-corrected chi connectivity index (χ4v) is 4.27. The lowest BCUT2D eigenvalue weighted by molar-refractivity contribution is -0.134. The Bertz CT molecular complexity index is 1170. The number of aromatic nitrogens is 1. The molecule has 0 saturated carbocycles. The van der Waals surface area contributed by atoms with Gasteiger partial charge in [-0.05, 0) is 36.4 Å². The van der Waals surface area contributed by atoms with Gasteiger partial charge in [0.15, 0.2) is 5.78 Å². The lowest BCUT2D eigenvalue weighted by Crippen LogP contribution is -2.50. The van der Waals surface area contributed by atoms with Gasteiger partial charge in [-0.1, -0.05) is 22.5 Å². The van der Waals surface area contributed by atoms with E-state index in [9.17, 15) is 18.4 Å². The molecule has 0 unspecified atom stereocenters. The van der Waals surface area contributed by atoms with Crippen molar-refractivity contribution in [2.75, 3.05) is 13.1 Å². The number of likely N-dealkylation sites (tertiary alicyclic amines) is 1. The van der Waals surface area contributed by atoms with Gasteiger partial charge in [0, 0.05) is 64.2 Å². The first-order valence-electron chi connectivity index (χ1n) is 9.52. The Morgan fingerprint density at radius 3 is 2.60 bits per heavy atom. The number of ketones is 1. The van der Waals surface area contributed by atoms with Crippen LogP contribution in [0, 0.1) is 17.6 Å². The quantitative estimate of drug-likeness (QED) is 0.476. The maximum atomic E-state index is 14.4. The van der Waals surface area contributed by atoms with Crippen LogP contribution in [0.25, 0.3) is 22.0 Å². The third-order valence-corrected chi connectivity index (χ3v) is 5.86. The van der Waals surface area contributed by atoms with Gasteiger partial charge in [0.05, 0.1) is 6.54 Å². The van der Waals surface area contributed by atoms with E-state index in [2.05, 4.69) is 22.5 Å². The molecule has 0 radical (unpaired) electrons. The van der Waals surface area contributed by atoms with E-state index in [1.807, 2.05) is 18.2 Å². The monoisotopic (exact) mass is 472 g/mol. The molecule has 4 nitrogen and oxygen atoms in total. The largest absolute Gasteiger partial charge is 0.339 e. The van der Waals surface area contributed by atoms with Crippen molar-refractivity contribution >= 4 is 38.5 Å². The molecule has 1 aliphatic heterocycles. The number of benzene rings is 2. The van der Waals surface area contributed by atoms with E-state index < -0.39 is 11.6 Å². The number of hydrogen-bond donors (Lipinski definition) is 0. The van der Waals surface area contributed by atoms with Crippen LogP contribution in [-0.4, -0.2) is 34.2 Å². The average Bonchev–Trinajstić information content (AvgIpc) is 3.01. The number of amides is 1. The van der Waals surface area contributed by atoms with Crippen LogP contribution in [-0.2, 0) is 16.1 Å². The van der Waals surface area contributed by atoms with Crippen LogP contribution >= 0.6 is 15.9 Å². The number of carbonyl (C=O) groups excluding carboxylic acids is 2. The number of rotatable bonds is 6. The van der Waals surface area contributed by atoms with Gasteiger partial charge >= 0.3 is 0 Å². The minimum absolute atomic E-state index is 0.0386. The van der Waals surface area contributed by atoms with Crippen molar-refractivity contribution in [3.8, 4) is 11.1 Å². The van der Waals surface area contributed by atoms with Gasteiger partial charge in [0.1, 0.15) is 11.6 Å². The molecule has 0 bridgehead atoms. The Morgan fingerprint density at radius 1 is 1.13 bits per heavy atom. The Kier molecular flexibility index (Phi) is 5.56. The lowest BCUT2D eigenvalue weighted by atomic mass is 9.94. The molecule has 1 aliphatic rings. The molecule has 1 aromatic heterocycles. The second-order valence-electron chi connectivity index (χ2n) is 7.51. The molecule has 4 rings (SSSR count). The second kappa shape index (κ2) is 8.14. The molecule has 0 spiro atoms. The Hall–Kier alpha value is -2.80. The highest BCUT2D eigenvalue weighted by Gasteiger charge is 2.30. The maximum Gasteiger partial charge on any atom is 0.245 e. The minimum Gasteiger partial charge on any atom is -0.339 e. The summed E-state index contributed by atoms with van der Waals surface area (Å²) in [6, 6.07) is 9.07. The summed E-state index contributed by atoms with van der Waals surface area (Å²) < 4.78 is 30.4. The molecular weight excluding hydrogens is 454 g/mol. The Morgan fingerprint density at radius 2 is 1.90 bits per heavy atom. The molecule has 0 atom stereocenters. The highest BCUT2D eigenvalue weighted by molar-refractivity contribution is 9.10. The smallest absolute Gasteiger partial charge is 0.245 e. The SMILES string of the molecule is C=CC(=O)N1CC(CC(=O)Cn2cc(-c3ccc(F)cc3F)c3cc(Br)ccc32)C1. The topological polar surface area (TPSA) is 42.3 Å². The van der Waals surface area contributed by atoms with Gasteiger partial charge in [-0.25, -0.2) is 8.78 Å². The number of fused-ring (bicyclic) bond motifs is 1. The Balaban J connectivity index is 1.58. The highest BCUT2D eigenvalue weighted by atomic mass is 79.9. The van der Waals surface area contributed by atoms with Crippen LogP contribution in [0.1, 0.15) is 6.42 Å². The fraction of sp³-hybridized carbons (Fsp3) is 0.217. The van der Waals surface area contributed by atoms with Gasteiger partial charge < -0.3 is 9.47 Å². The molecule has 7 heteroatoms. The zero-order valence-corrected chi connectivity index (χ0v) is 17.7. The van der Waals surface area contributed by atoms with E-state index in [0.29, 0.717) is 25.1 Å². The summed E-state index contributed by atoms with van der Waals surface area (Å²) >= 11 is 3.43. The molecule has 3 aromatic rings. The second-order valence-corrected chi connectivity index (χ2v) is 8.43. The highest BCUT2D eigenvalue weighted by Crippen LogP contribution is 2.34. The van der Waals surface area contributed by atoms with Gasteiger partial charge in [-0.3, -0.25) is 9.59 Å². The molecule has 2 heterocycles. The first-order chi connectivity index (χ1) is 14.4. The number of Topliss-reactive ketones (excluding diaryl/α,β-unsaturated/α-hetero) is 1. The third kappa shape index (κ3) is 3.94. The Labute approximate surface area is 180 Å². The van der Waals surface area contributed by atoms with Crippen molar-refractivity contribution in [1.82, 2.24) is 9.47 Å². The van der Waals surface area contributed by atoms with Crippen molar-refractivity contribution in [3.63, 3.8) is 0 Å². The third-order valence-electron chi connectivity index (χ3n) is 5.37. The van der Waals surface area contributed by atoms with Crippen LogP contribution in [0.5, 0.6) is 0 Å². The van der Waals surface area contributed by atoms with Crippen LogP contribution in [0.2, 0.25) is 0 Å². The molecule has 1 fully saturated rings. The summed E-state index contributed by atoms with van der Waals surface area (Å²) in [6.07, 6.45) is 3.38. The number of nitrogens with zero attached hydrogens (tertiary/aromatic N) is 2. The fourth-order valence-electron chi connectivity index (χ4n) is 3.91. The molecule has 0 aliphatic carbocycles. The van der Waals surface area contributed by atoms with Crippen LogP contribution in [0.4, 0.5) is 8.78 Å². The van der Waals surface area contributed by atoms with Gasteiger partial charge in [0.2, 0.25) is 5.91 Å². The molecule has 0 N–H and O–H groups in total. The molecule has 154 valence electrons. The summed E-state index contributed by atoms with van der Waals surface area (Å²) in [7, 11) is 0. The predicted molar refractivity (Wildman–Crippen MR) is 115 cm³/mol. The van der Waals surface area contributed by atoms with E-state index in [1.54, 1.807) is 15.7 Å². The molecule has 30 heavy (non-hydrogen) atoms. The maximum absolute atomic E-state index is 14.4. The van der Waals surface area contributed by atoms with Crippen molar-refractivity contribution < 1.29 is 18.4 Å². The molecular formula is C23H19BrF2N2O2. The summed E-state index contributed by atoms with van der Waals surface area (Å²) in [5.74, 6) is -1.22. The molecule has 2 aromatic carbocycles. The summed E-state index contributed by atoms with van der Waals surface area (Å²) in [5.41, 5.74) is 1.67.